The van der Waals surface area contributed by atoms with Gasteiger partial charge in [0.05, 0.1) is 7.11 Å². The highest BCUT2D eigenvalue weighted by molar-refractivity contribution is 5.58. The Labute approximate surface area is 173 Å². The number of anilines is 2. The first-order valence-electron chi connectivity index (χ1n) is 9.81. The Morgan fingerprint density at radius 2 is 1.83 bits per heavy atom. The zero-order chi connectivity index (χ0) is 20.3. The van der Waals surface area contributed by atoms with Crippen molar-refractivity contribution in [2.24, 2.45) is 0 Å². The molecule has 0 radical (unpaired) electrons. The number of ether oxygens (including phenoxy) is 1. The van der Waals surface area contributed by atoms with Crippen LogP contribution in [0, 0.1) is 0 Å². The van der Waals surface area contributed by atoms with E-state index in [-0.39, 0.29) is 0 Å². The summed E-state index contributed by atoms with van der Waals surface area (Å²) in [7, 11) is 1.61. The van der Waals surface area contributed by atoms with E-state index in [9.17, 15) is 0 Å². The molecule has 4 aromatic heterocycles. The van der Waals surface area contributed by atoms with Gasteiger partial charge in [-0.3, -0.25) is 4.98 Å². The molecule has 152 valence electrons. The summed E-state index contributed by atoms with van der Waals surface area (Å²) in [5.74, 6) is 2.84. The molecule has 10 heteroatoms. The first kappa shape index (κ1) is 18.2. The van der Waals surface area contributed by atoms with Crippen molar-refractivity contribution in [2.45, 2.75) is 6.42 Å². The van der Waals surface area contributed by atoms with E-state index in [4.69, 9.17) is 9.84 Å². The number of aromatic nitrogens is 7. The lowest BCUT2D eigenvalue weighted by atomic mass is 10.3. The molecule has 1 fully saturated rings. The average molecular weight is 403 g/mol. The zero-order valence-corrected chi connectivity index (χ0v) is 16.6. The van der Waals surface area contributed by atoms with Crippen LogP contribution in [0.25, 0.3) is 17.0 Å². The number of methoxy groups -OCH3 is 1. The second-order valence-corrected chi connectivity index (χ2v) is 6.95. The second-order valence-electron chi connectivity index (χ2n) is 6.95. The normalized spacial score (nSPS) is 14.7. The minimum atomic E-state index is 0.573. The number of rotatable bonds is 4. The van der Waals surface area contributed by atoms with Gasteiger partial charge in [-0.25, -0.2) is 4.98 Å². The van der Waals surface area contributed by atoms with Gasteiger partial charge in [-0.15, -0.1) is 15.3 Å². The molecular formula is C20H21N9O. The Hall–Kier alpha value is -3.82. The molecular weight excluding hydrogens is 382 g/mol. The highest BCUT2D eigenvalue weighted by Gasteiger charge is 2.19. The summed E-state index contributed by atoms with van der Waals surface area (Å²) in [6.45, 7) is 3.37. The summed E-state index contributed by atoms with van der Waals surface area (Å²) in [6.07, 6.45) is 6.20. The number of pyridine rings is 1. The summed E-state index contributed by atoms with van der Waals surface area (Å²) in [6, 6.07) is 9.53. The molecule has 1 aliphatic rings. The molecule has 30 heavy (non-hydrogen) atoms. The average Bonchev–Trinajstić information content (AvgIpc) is 3.07. The van der Waals surface area contributed by atoms with Gasteiger partial charge in [0.2, 0.25) is 11.8 Å². The van der Waals surface area contributed by atoms with Crippen LogP contribution in [-0.2, 0) is 0 Å². The van der Waals surface area contributed by atoms with Gasteiger partial charge in [0, 0.05) is 56.4 Å². The van der Waals surface area contributed by atoms with Crippen LogP contribution in [0.1, 0.15) is 6.42 Å². The van der Waals surface area contributed by atoms with E-state index in [1.54, 1.807) is 36.3 Å². The number of fused-ring (bicyclic) bond motifs is 1. The molecule has 0 bridgehead atoms. The van der Waals surface area contributed by atoms with Crippen molar-refractivity contribution < 1.29 is 4.74 Å². The van der Waals surface area contributed by atoms with Crippen molar-refractivity contribution in [3.63, 3.8) is 0 Å². The summed E-state index contributed by atoms with van der Waals surface area (Å²) in [5, 5.41) is 13.4. The Morgan fingerprint density at radius 3 is 2.70 bits per heavy atom. The third-order valence-electron chi connectivity index (χ3n) is 5.10. The minimum absolute atomic E-state index is 0.573. The molecule has 5 heterocycles. The predicted molar refractivity (Wildman–Crippen MR) is 112 cm³/mol. The Balaban J connectivity index is 1.39. The summed E-state index contributed by atoms with van der Waals surface area (Å²) >= 11 is 0. The molecule has 1 aliphatic heterocycles. The highest BCUT2D eigenvalue weighted by atomic mass is 16.5. The molecule has 0 N–H and O–H groups in total. The van der Waals surface area contributed by atoms with Crippen LogP contribution >= 0.6 is 0 Å². The first-order valence-corrected chi connectivity index (χ1v) is 9.81. The van der Waals surface area contributed by atoms with Gasteiger partial charge in [-0.1, -0.05) is 0 Å². The van der Waals surface area contributed by atoms with Gasteiger partial charge in [0.15, 0.2) is 11.5 Å². The van der Waals surface area contributed by atoms with Crippen LogP contribution in [0.5, 0.6) is 5.88 Å². The zero-order valence-electron chi connectivity index (χ0n) is 16.6. The Morgan fingerprint density at radius 1 is 0.933 bits per heavy atom. The Kier molecular flexibility index (Phi) is 4.80. The van der Waals surface area contributed by atoms with Gasteiger partial charge >= 0.3 is 0 Å². The van der Waals surface area contributed by atoms with E-state index in [1.165, 1.54) is 0 Å². The van der Waals surface area contributed by atoms with Gasteiger partial charge in [-0.05, 0) is 30.7 Å². The van der Waals surface area contributed by atoms with Crippen molar-refractivity contribution in [3.8, 4) is 17.3 Å². The molecule has 0 atom stereocenters. The van der Waals surface area contributed by atoms with Crippen molar-refractivity contribution in [1.82, 2.24) is 34.8 Å². The van der Waals surface area contributed by atoms with Crippen LogP contribution < -0.4 is 14.5 Å². The number of nitrogens with zero attached hydrogens (tertiary/aromatic N) is 9. The largest absolute Gasteiger partial charge is 0.481 e. The fourth-order valence-corrected chi connectivity index (χ4v) is 3.57. The maximum absolute atomic E-state index is 5.23. The van der Waals surface area contributed by atoms with Crippen LogP contribution in [-0.4, -0.2) is 68.1 Å². The molecule has 0 spiro atoms. The van der Waals surface area contributed by atoms with Crippen LogP contribution in [0.4, 0.5) is 11.8 Å². The van der Waals surface area contributed by atoms with Crippen LogP contribution in [0.2, 0.25) is 0 Å². The minimum Gasteiger partial charge on any atom is -0.481 e. The fraction of sp³-hybridized carbons (Fsp3) is 0.300. The molecule has 0 aliphatic carbocycles. The van der Waals surface area contributed by atoms with Gasteiger partial charge < -0.3 is 14.5 Å². The van der Waals surface area contributed by atoms with E-state index in [0.717, 1.165) is 44.0 Å². The number of hydrogen-bond donors (Lipinski definition) is 0. The maximum Gasteiger partial charge on any atom is 0.228 e. The maximum atomic E-state index is 5.23. The molecule has 4 aromatic rings. The third-order valence-corrected chi connectivity index (χ3v) is 5.10. The van der Waals surface area contributed by atoms with Gasteiger partial charge in [0.25, 0.3) is 0 Å². The van der Waals surface area contributed by atoms with E-state index >= 15 is 0 Å². The number of hydrogen-bond acceptors (Lipinski definition) is 9. The van der Waals surface area contributed by atoms with Crippen molar-refractivity contribution in [2.75, 3.05) is 43.1 Å². The van der Waals surface area contributed by atoms with Crippen molar-refractivity contribution >= 4 is 17.4 Å². The van der Waals surface area contributed by atoms with Crippen LogP contribution in [0.15, 0.2) is 48.9 Å². The molecule has 0 amide bonds. The van der Waals surface area contributed by atoms with Crippen LogP contribution in [0.3, 0.4) is 0 Å². The molecule has 0 saturated carbocycles. The lowest BCUT2D eigenvalue weighted by Gasteiger charge is -2.22. The molecule has 5 rings (SSSR count). The van der Waals surface area contributed by atoms with Crippen molar-refractivity contribution in [3.05, 3.63) is 48.9 Å². The molecule has 1 saturated heterocycles. The fourth-order valence-electron chi connectivity index (χ4n) is 3.57. The topological polar surface area (TPSA) is 97.5 Å². The predicted octanol–water partition coefficient (Wildman–Crippen LogP) is 1.70. The van der Waals surface area contributed by atoms with E-state index in [0.29, 0.717) is 23.3 Å². The molecule has 0 aromatic carbocycles. The summed E-state index contributed by atoms with van der Waals surface area (Å²) in [5.41, 5.74) is 1.59. The standard InChI is InChI=1S/C20H21N9O/c1-30-18-7-9-22-20(23-18)28-11-3-10-27(12-13-28)17-6-5-16-24-25-19(29(16)26-17)15-4-2-8-21-14-15/h2,4-9,14H,3,10-13H2,1H3. The van der Waals surface area contributed by atoms with Crippen molar-refractivity contribution in [1.29, 1.82) is 0 Å². The summed E-state index contributed by atoms with van der Waals surface area (Å²) < 4.78 is 7.01. The lowest BCUT2D eigenvalue weighted by Crippen LogP contribution is -2.32. The van der Waals surface area contributed by atoms with Gasteiger partial charge in [0.1, 0.15) is 5.82 Å². The van der Waals surface area contributed by atoms with E-state index in [1.807, 2.05) is 24.3 Å². The smallest absolute Gasteiger partial charge is 0.228 e. The summed E-state index contributed by atoms with van der Waals surface area (Å²) in [4.78, 5) is 17.5. The third kappa shape index (κ3) is 3.47. The first-order chi connectivity index (χ1) is 14.8. The second kappa shape index (κ2) is 7.90. The van der Waals surface area contributed by atoms with Gasteiger partial charge in [-0.2, -0.15) is 9.50 Å². The lowest BCUT2D eigenvalue weighted by molar-refractivity contribution is 0.396. The monoisotopic (exact) mass is 403 g/mol. The highest BCUT2D eigenvalue weighted by Crippen LogP contribution is 2.21. The SMILES string of the molecule is COc1ccnc(N2CCCN(c3ccc4nnc(-c5cccnc5)n4n3)CC2)n1. The van der Waals surface area contributed by atoms with E-state index in [2.05, 4.69) is 34.9 Å². The quantitative estimate of drug-likeness (QED) is 0.504. The molecule has 0 unspecified atom stereocenters. The molecule has 10 nitrogen and oxygen atoms in total. The Bertz CT molecular complexity index is 1150. The van der Waals surface area contributed by atoms with E-state index < -0.39 is 0 Å².